The van der Waals surface area contributed by atoms with Gasteiger partial charge in [0.1, 0.15) is 0 Å². The number of amides is 1. The van der Waals surface area contributed by atoms with Crippen molar-refractivity contribution >= 4 is 11.7 Å². The Morgan fingerprint density at radius 2 is 1.33 bits per heavy atom. The molecular formula is C26H25NO3. The number of rotatable bonds is 6. The second-order valence-electron chi connectivity index (χ2n) is 7.68. The molecule has 0 spiro atoms. The van der Waals surface area contributed by atoms with E-state index in [2.05, 4.69) is 17.4 Å². The van der Waals surface area contributed by atoms with E-state index in [-0.39, 0.29) is 17.1 Å². The van der Waals surface area contributed by atoms with Gasteiger partial charge in [-0.25, -0.2) is 0 Å². The zero-order valence-corrected chi connectivity index (χ0v) is 16.8. The molecule has 1 aliphatic heterocycles. The Kier molecular flexibility index (Phi) is 6.05. The predicted molar refractivity (Wildman–Crippen MR) is 117 cm³/mol. The van der Waals surface area contributed by atoms with Crippen LogP contribution in [0.5, 0.6) is 0 Å². The molecule has 1 fully saturated rings. The van der Waals surface area contributed by atoms with Gasteiger partial charge in [0.05, 0.1) is 5.56 Å². The van der Waals surface area contributed by atoms with Crippen molar-refractivity contribution in [1.82, 2.24) is 5.32 Å². The topological polar surface area (TPSA) is 55.4 Å². The third kappa shape index (κ3) is 4.19. The second kappa shape index (κ2) is 9.06. The van der Waals surface area contributed by atoms with Crippen LogP contribution in [0, 0.1) is 0 Å². The zero-order valence-electron chi connectivity index (χ0n) is 16.8. The van der Waals surface area contributed by atoms with Crippen LogP contribution in [0.15, 0.2) is 84.9 Å². The summed E-state index contributed by atoms with van der Waals surface area (Å²) in [6.45, 7) is 1.86. The number of ketones is 1. The molecule has 1 aliphatic rings. The van der Waals surface area contributed by atoms with Crippen molar-refractivity contribution in [3.63, 3.8) is 0 Å². The van der Waals surface area contributed by atoms with Crippen LogP contribution in [0.25, 0.3) is 0 Å². The van der Waals surface area contributed by atoms with Crippen molar-refractivity contribution in [3.8, 4) is 0 Å². The molecular weight excluding hydrogens is 374 g/mol. The summed E-state index contributed by atoms with van der Waals surface area (Å²) >= 11 is 0. The van der Waals surface area contributed by atoms with E-state index >= 15 is 0 Å². The van der Waals surface area contributed by atoms with Crippen molar-refractivity contribution in [2.45, 2.75) is 18.3 Å². The first-order valence-corrected chi connectivity index (χ1v) is 10.3. The molecule has 152 valence electrons. The van der Waals surface area contributed by atoms with Gasteiger partial charge in [-0.05, 0) is 24.5 Å². The number of hydrogen-bond donors (Lipinski definition) is 1. The van der Waals surface area contributed by atoms with Crippen molar-refractivity contribution in [1.29, 1.82) is 0 Å². The van der Waals surface area contributed by atoms with E-state index in [4.69, 9.17) is 4.74 Å². The highest BCUT2D eigenvalue weighted by atomic mass is 16.5. The van der Waals surface area contributed by atoms with Gasteiger partial charge in [-0.15, -0.1) is 0 Å². The summed E-state index contributed by atoms with van der Waals surface area (Å²) in [7, 11) is 0. The SMILES string of the molecule is O=C(NCC1(c2ccccc2)CCOCC1)c1ccccc1C(=O)c1ccccc1. The molecule has 3 aromatic rings. The molecule has 1 amide bonds. The summed E-state index contributed by atoms with van der Waals surface area (Å²) < 4.78 is 5.58. The number of carbonyl (C=O) groups excluding carboxylic acids is 2. The maximum atomic E-state index is 13.1. The van der Waals surface area contributed by atoms with Gasteiger partial charge in [0, 0.05) is 36.3 Å². The van der Waals surface area contributed by atoms with Gasteiger partial charge < -0.3 is 10.1 Å². The van der Waals surface area contributed by atoms with Crippen LogP contribution in [-0.2, 0) is 10.2 Å². The average Bonchev–Trinajstić information content (AvgIpc) is 2.84. The molecule has 0 saturated carbocycles. The summed E-state index contributed by atoms with van der Waals surface area (Å²) in [6, 6.07) is 26.3. The Balaban J connectivity index is 1.56. The maximum Gasteiger partial charge on any atom is 0.252 e. The van der Waals surface area contributed by atoms with Gasteiger partial charge in [-0.3, -0.25) is 9.59 Å². The third-order valence-corrected chi connectivity index (χ3v) is 5.88. The van der Waals surface area contributed by atoms with Crippen LogP contribution in [0.1, 0.15) is 44.7 Å². The monoisotopic (exact) mass is 399 g/mol. The van der Waals surface area contributed by atoms with E-state index in [1.165, 1.54) is 5.56 Å². The van der Waals surface area contributed by atoms with E-state index < -0.39 is 0 Å². The molecule has 4 rings (SSSR count). The largest absolute Gasteiger partial charge is 0.381 e. The lowest BCUT2D eigenvalue weighted by Crippen LogP contribution is -2.44. The number of carbonyl (C=O) groups is 2. The molecule has 0 aliphatic carbocycles. The van der Waals surface area contributed by atoms with Crippen LogP contribution in [-0.4, -0.2) is 31.4 Å². The van der Waals surface area contributed by atoms with E-state index in [1.54, 1.807) is 36.4 Å². The fourth-order valence-corrected chi connectivity index (χ4v) is 4.09. The van der Waals surface area contributed by atoms with Gasteiger partial charge in [-0.2, -0.15) is 0 Å². The van der Waals surface area contributed by atoms with E-state index in [0.29, 0.717) is 36.4 Å². The van der Waals surface area contributed by atoms with Gasteiger partial charge in [0.15, 0.2) is 5.78 Å². The molecule has 0 aromatic heterocycles. The van der Waals surface area contributed by atoms with Crippen LogP contribution in [0.3, 0.4) is 0 Å². The Morgan fingerprint density at radius 1 is 0.767 bits per heavy atom. The minimum atomic E-state index is -0.225. The van der Waals surface area contributed by atoms with Crippen molar-refractivity contribution in [3.05, 3.63) is 107 Å². The summed E-state index contributed by atoms with van der Waals surface area (Å²) in [4.78, 5) is 26.1. The molecule has 0 bridgehead atoms. The Bertz CT molecular complexity index is 1010. The van der Waals surface area contributed by atoms with Crippen LogP contribution >= 0.6 is 0 Å². The fourth-order valence-electron chi connectivity index (χ4n) is 4.09. The first-order chi connectivity index (χ1) is 14.7. The Hall–Kier alpha value is -3.24. The lowest BCUT2D eigenvalue weighted by atomic mass is 9.74. The van der Waals surface area contributed by atoms with E-state index in [0.717, 1.165) is 12.8 Å². The molecule has 4 heteroatoms. The van der Waals surface area contributed by atoms with Crippen LogP contribution in [0.4, 0.5) is 0 Å². The van der Waals surface area contributed by atoms with E-state index in [9.17, 15) is 9.59 Å². The lowest BCUT2D eigenvalue weighted by Gasteiger charge is -2.38. The van der Waals surface area contributed by atoms with Crippen LogP contribution in [0.2, 0.25) is 0 Å². The Labute approximate surface area is 176 Å². The van der Waals surface area contributed by atoms with Crippen molar-refractivity contribution in [2.75, 3.05) is 19.8 Å². The maximum absolute atomic E-state index is 13.1. The first kappa shape index (κ1) is 20.0. The average molecular weight is 399 g/mol. The summed E-state index contributed by atoms with van der Waals surface area (Å²) in [5, 5.41) is 3.11. The summed E-state index contributed by atoms with van der Waals surface area (Å²) in [5.74, 6) is -0.373. The van der Waals surface area contributed by atoms with Gasteiger partial charge >= 0.3 is 0 Å². The molecule has 30 heavy (non-hydrogen) atoms. The number of nitrogens with one attached hydrogen (secondary N) is 1. The first-order valence-electron chi connectivity index (χ1n) is 10.3. The minimum absolute atomic E-state index is 0.148. The Morgan fingerprint density at radius 3 is 2.00 bits per heavy atom. The summed E-state index contributed by atoms with van der Waals surface area (Å²) in [5.41, 5.74) is 2.45. The highest BCUT2D eigenvalue weighted by Crippen LogP contribution is 2.34. The summed E-state index contributed by atoms with van der Waals surface area (Å²) in [6.07, 6.45) is 1.70. The zero-order chi connectivity index (χ0) is 20.8. The molecule has 0 radical (unpaired) electrons. The molecule has 1 N–H and O–H groups in total. The van der Waals surface area contributed by atoms with Gasteiger partial charge in [-0.1, -0.05) is 78.9 Å². The number of ether oxygens (including phenoxy) is 1. The quantitative estimate of drug-likeness (QED) is 0.625. The normalized spacial score (nSPS) is 15.3. The smallest absolute Gasteiger partial charge is 0.252 e. The highest BCUT2D eigenvalue weighted by molar-refractivity contribution is 6.15. The minimum Gasteiger partial charge on any atom is -0.381 e. The molecule has 0 unspecified atom stereocenters. The number of hydrogen-bond acceptors (Lipinski definition) is 3. The molecule has 3 aromatic carbocycles. The molecule has 1 saturated heterocycles. The van der Waals surface area contributed by atoms with Crippen LogP contribution < -0.4 is 5.32 Å². The van der Waals surface area contributed by atoms with Gasteiger partial charge in [0.2, 0.25) is 0 Å². The lowest BCUT2D eigenvalue weighted by molar-refractivity contribution is 0.0487. The molecule has 4 nitrogen and oxygen atoms in total. The third-order valence-electron chi connectivity index (χ3n) is 5.88. The predicted octanol–water partition coefficient (Wildman–Crippen LogP) is 4.40. The van der Waals surface area contributed by atoms with Crippen molar-refractivity contribution in [2.24, 2.45) is 0 Å². The highest BCUT2D eigenvalue weighted by Gasteiger charge is 2.35. The van der Waals surface area contributed by atoms with Crippen molar-refractivity contribution < 1.29 is 14.3 Å². The fraction of sp³-hybridized carbons (Fsp3) is 0.231. The standard InChI is InChI=1S/C26H25NO3/c28-24(20-9-3-1-4-10-20)22-13-7-8-14-23(22)25(29)27-19-26(15-17-30-18-16-26)21-11-5-2-6-12-21/h1-14H,15-19H2,(H,27,29). The molecule has 1 heterocycles. The molecule has 0 atom stereocenters. The second-order valence-corrected chi connectivity index (χ2v) is 7.68. The number of benzene rings is 3. The van der Waals surface area contributed by atoms with Gasteiger partial charge in [0.25, 0.3) is 5.91 Å². The van der Waals surface area contributed by atoms with E-state index in [1.807, 2.05) is 36.4 Å².